The number of carbonyl (C=O) groups is 1. The Balaban J connectivity index is 1.26. The minimum absolute atomic E-state index is 0.000625. The maximum absolute atomic E-state index is 12.6. The molecule has 1 atom stereocenters. The Labute approximate surface area is 161 Å². The summed E-state index contributed by atoms with van der Waals surface area (Å²) in [5, 5.41) is 3.12. The van der Waals surface area contributed by atoms with Crippen molar-refractivity contribution in [1.82, 2.24) is 15.2 Å². The monoisotopic (exact) mass is 364 g/mol. The minimum atomic E-state index is -0.000625. The Morgan fingerprint density at radius 3 is 2.67 bits per heavy atom. The number of benzene rings is 1. The fourth-order valence-electron chi connectivity index (χ4n) is 4.24. The largest absolute Gasteiger partial charge is 0.371 e. The number of para-hydroxylation sites is 1. The number of nitrogens with zero attached hydrogens (tertiary/aromatic N) is 3. The highest BCUT2D eigenvalue weighted by Crippen LogP contribution is 2.30. The predicted octanol–water partition coefficient (Wildman–Crippen LogP) is 3.63. The minimum Gasteiger partial charge on any atom is -0.371 e. The molecule has 0 saturated carbocycles. The van der Waals surface area contributed by atoms with E-state index in [0.29, 0.717) is 5.92 Å². The van der Waals surface area contributed by atoms with E-state index >= 15 is 0 Å². The lowest BCUT2D eigenvalue weighted by molar-refractivity contribution is 0.168. The topological polar surface area (TPSA) is 48.5 Å². The SMILES string of the molecule is C[C@@H](NC(=O)N1CCC(CN2CCc3ccccc32)CC1)c1ccncc1. The molecule has 2 aliphatic rings. The number of hydrogen-bond donors (Lipinski definition) is 1. The number of piperidine rings is 1. The van der Waals surface area contributed by atoms with Gasteiger partial charge >= 0.3 is 6.03 Å². The second kappa shape index (κ2) is 7.99. The molecule has 3 heterocycles. The normalized spacial score (nSPS) is 18.3. The van der Waals surface area contributed by atoms with Crippen molar-refractivity contribution in [3.05, 3.63) is 59.9 Å². The molecule has 2 amide bonds. The summed E-state index contributed by atoms with van der Waals surface area (Å²) in [5.74, 6) is 0.665. The van der Waals surface area contributed by atoms with Gasteiger partial charge in [-0.15, -0.1) is 0 Å². The van der Waals surface area contributed by atoms with E-state index in [-0.39, 0.29) is 12.1 Å². The molecule has 5 nitrogen and oxygen atoms in total. The van der Waals surface area contributed by atoms with Crippen LogP contribution >= 0.6 is 0 Å². The Morgan fingerprint density at radius 2 is 1.89 bits per heavy atom. The fraction of sp³-hybridized carbons (Fsp3) is 0.455. The van der Waals surface area contributed by atoms with Crippen LogP contribution in [0.15, 0.2) is 48.8 Å². The number of aromatic nitrogens is 1. The average Bonchev–Trinajstić information content (AvgIpc) is 3.12. The number of hydrogen-bond acceptors (Lipinski definition) is 3. The van der Waals surface area contributed by atoms with E-state index in [1.54, 1.807) is 12.4 Å². The Morgan fingerprint density at radius 1 is 1.15 bits per heavy atom. The summed E-state index contributed by atoms with van der Waals surface area (Å²) < 4.78 is 0. The molecular weight excluding hydrogens is 336 g/mol. The summed E-state index contributed by atoms with van der Waals surface area (Å²) in [4.78, 5) is 21.1. The molecule has 0 radical (unpaired) electrons. The van der Waals surface area contributed by atoms with Gasteiger partial charge in [0, 0.05) is 44.3 Å². The third-order valence-electron chi connectivity index (χ3n) is 5.91. The van der Waals surface area contributed by atoms with Gasteiger partial charge in [-0.05, 0) is 61.4 Å². The van der Waals surface area contributed by atoms with Crippen LogP contribution in [-0.4, -0.2) is 42.1 Å². The van der Waals surface area contributed by atoms with Crippen LogP contribution in [-0.2, 0) is 6.42 Å². The van der Waals surface area contributed by atoms with Gasteiger partial charge in [-0.2, -0.15) is 0 Å². The number of rotatable bonds is 4. The van der Waals surface area contributed by atoms with Crippen LogP contribution in [0.2, 0.25) is 0 Å². The van der Waals surface area contributed by atoms with Gasteiger partial charge in [0.2, 0.25) is 0 Å². The van der Waals surface area contributed by atoms with E-state index < -0.39 is 0 Å². The second-order valence-corrected chi connectivity index (χ2v) is 7.71. The zero-order valence-corrected chi connectivity index (χ0v) is 16.0. The van der Waals surface area contributed by atoms with Crippen LogP contribution < -0.4 is 10.2 Å². The van der Waals surface area contributed by atoms with Crippen molar-refractivity contribution in [3.8, 4) is 0 Å². The summed E-state index contributed by atoms with van der Waals surface area (Å²) in [5.41, 5.74) is 3.96. The van der Waals surface area contributed by atoms with E-state index in [1.807, 2.05) is 24.0 Å². The number of fused-ring (bicyclic) bond motifs is 1. The Kier molecular flexibility index (Phi) is 5.28. The maximum Gasteiger partial charge on any atom is 0.317 e. The fourth-order valence-corrected chi connectivity index (χ4v) is 4.24. The zero-order chi connectivity index (χ0) is 18.6. The van der Waals surface area contributed by atoms with Crippen LogP contribution in [0, 0.1) is 5.92 Å². The Bertz CT molecular complexity index is 771. The smallest absolute Gasteiger partial charge is 0.317 e. The van der Waals surface area contributed by atoms with E-state index in [1.165, 1.54) is 11.3 Å². The van der Waals surface area contributed by atoms with Crippen LogP contribution in [0.3, 0.4) is 0 Å². The van der Waals surface area contributed by atoms with Gasteiger partial charge < -0.3 is 15.1 Å². The molecule has 0 bridgehead atoms. The number of nitrogens with one attached hydrogen (secondary N) is 1. The van der Waals surface area contributed by atoms with Crippen molar-refractivity contribution in [2.24, 2.45) is 5.92 Å². The lowest BCUT2D eigenvalue weighted by Crippen LogP contribution is -2.46. The molecule has 0 aliphatic carbocycles. The number of urea groups is 1. The number of pyridine rings is 1. The van der Waals surface area contributed by atoms with Crippen molar-refractivity contribution in [2.75, 3.05) is 31.1 Å². The molecule has 1 fully saturated rings. The highest BCUT2D eigenvalue weighted by molar-refractivity contribution is 5.74. The van der Waals surface area contributed by atoms with Crippen molar-refractivity contribution >= 4 is 11.7 Å². The molecule has 27 heavy (non-hydrogen) atoms. The maximum atomic E-state index is 12.6. The Hall–Kier alpha value is -2.56. The number of carbonyl (C=O) groups excluding carboxylic acids is 1. The van der Waals surface area contributed by atoms with Gasteiger partial charge in [0.15, 0.2) is 0 Å². The van der Waals surface area contributed by atoms with E-state index in [0.717, 1.165) is 51.0 Å². The number of amides is 2. The molecule has 2 aliphatic heterocycles. The van der Waals surface area contributed by atoms with Gasteiger partial charge in [0.1, 0.15) is 0 Å². The van der Waals surface area contributed by atoms with Crippen LogP contribution in [0.5, 0.6) is 0 Å². The van der Waals surface area contributed by atoms with E-state index in [2.05, 4.69) is 39.5 Å². The van der Waals surface area contributed by atoms with Gasteiger partial charge in [0.25, 0.3) is 0 Å². The molecule has 0 spiro atoms. The van der Waals surface area contributed by atoms with Gasteiger partial charge in [-0.3, -0.25) is 4.98 Å². The lowest BCUT2D eigenvalue weighted by atomic mass is 9.96. The molecule has 4 rings (SSSR count). The first-order valence-electron chi connectivity index (χ1n) is 9.99. The average molecular weight is 364 g/mol. The second-order valence-electron chi connectivity index (χ2n) is 7.71. The van der Waals surface area contributed by atoms with Gasteiger partial charge in [-0.25, -0.2) is 4.79 Å². The van der Waals surface area contributed by atoms with Crippen LogP contribution in [0.25, 0.3) is 0 Å². The summed E-state index contributed by atoms with van der Waals surface area (Å²) in [6.45, 7) is 5.94. The molecular formula is C22H28N4O. The predicted molar refractivity (Wildman–Crippen MR) is 108 cm³/mol. The molecule has 2 aromatic rings. The van der Waals surface area contributed by atoms with E-state index in [9.17, 15) is 4.79 Å². The molecule has 1 aromatic carbocycles. The van der Waals surface area contributed by atoms with Crippen molar-refractivity contribution in [3.63, 3.8) is 0 Å². The van der Waals surface area contributed by atoms with Crippen molar-refractivity contribution < 1.29 is 4.79 Å². The molecule has 1 N–H and O–H groups in total. The zero-order valence-electron chi connectivity index (χ0n) is 16.0. The van der Waals surface area contributed by atoms with Gasteiger partial charge in [-0.1, -0.05) is 18.2 Å². The molecule has 0 unspecified atom stereocenters. The molecule has 1 aromatic heterocycles. The van der Waals surface area contributed by atoms with Crippen molar-refractivity contribution in [1.29, 1.82) is 0 Å². The first-order valence-corrected chi connectivity index (χ1v) is 9.99. The number of likely N-dealkylation sites (tertiary alicyclic amines) is 1. The third kappa shape index (κ3) is 4.07. The highest BCUT2D eigenvalue weighted by Gasteiger charge is 2.27. The van der Waals surface area contributed by atoms with Crippen molar-refractivity contribution in [2.45, 2.75) is 32.2 Å². The summed E-state index contributed by atoms with van der Waals surface area (Å²) in [6.07, 6.45) is 6.84. The third-order valence-corrected chi connectivity index (χ3v) is 5.91. The van der Waals surface area contributed by atoms with Gasteiger partial charge in [0.05, 0.1) is 6.04 Å². The molecule has 5 heteroatoms. The van der Waals surface area contributed by atoms with E-state index in [4.69, 9.17) is 0 Å². The summed E-state index contributed by atoms with van der Waals surface area (Å²) in [6, 6.07) is 12.7. The first kappa shape index (κ1) is 17.8. The summed E-state index contributed by atoms with van der Waals surface area (Å²) >= 11 is 0. The first-order chi connectivity index (χ1) is 13.2. The lowest BCUT2D eigenvalue weighted by Gasteiger charge is -2.35. The summed E-state index contributed by atoms with van der Waals surface area (Å²) in [7, 11) is 0. The highest BCUT2D eigenvalue weighted by atomic mass is 16.2. The molecule has 142 valence electrons. The molecule has 1 saturated heterocycles. The standard InChI is InChI=1S/C22H28N4O/c1-17(19-6-11-23-12-7-19)24-22(27)25-13-8-18(9-14-25)16-26-15-10-20-4-2-3-5-21(20)26/h2-7,11-12,17-18H,8-10,13-16H2,1H3,(H,24,27)/t17-/m1/s1. The quantitative estimate of drug-likeness (QED) is 0.901. The van der Waals surface area contributed by atoms with Crippen LogP contribution in [0.4, 0.5) is 10.5 Å². The van der Waals surface area contributed by atoms with Crippen LogP contribution in [0.1, 0.15) is 36.9 Å². The number of anilines is 1.